The van der Waals surface area contributed by atoms with Crippen molar-refractivity contribution in [3.63, 3.8) is 0 Å². The maximum Gasteiger partial charge on any atom is 0.124 e. The van der Waals surface area contributed by atoms with Gasteiger partial charge < -0.3 is 9.84 Å². The van der Waals surface area contributed by atoms with Crippen LogP contribution in [-0.2, 0) is 11.3 Å². The van der Waals surface area contributed by atoms with Crippen molar-refractivity contribution < 1.29 is 14.2 Å². The average molecular weight is 216 g/mol. The number of thioether (sulfide) groups is 1. The highest BCUT2D eigenvalue weighted by Gasteiger charge is 2.00. The average Bonchev–Trinajstić information content (AvgIpc) is 2.17. The van der Waals surface area contributed by atoms with Gasteiger partial charge in [0.2, 0.25) is 0 Å². The van der Waals surface area contributed by atoms with E-state index in [4.69, 9.17) is 9.84 Å². The molecule has 2 nitrogen and oxygen atoms in total. The molecule has 0 fully saturated rings. The summed E-state index contributed by atoms with van der Waals surface area (Å²) in [5.41, 5.74) is 0.602. The Morgan fingerprint density at radius 1 is 1.43 bits per heavy atom. The Morgan fingerprint density at radius 3 is 2.86 bits per heavy atom. The maximum atomic E-state index is 13.0. The molecule has 0 spiro atoms. The van der Waals surface area contributed by atoms with Crippen molar-refractivity contribution in [2.24, 2.45) is 0 Å². The molecule has 0 aliphatic carbocycles. The van der Waals surface area contributed by atoms with Gasteiger partial charge in [-0.05, 0) is 23.8 Å². The van der Waals surface area contributed by atoms with Gasteiger partial charge in [0.05, 0.1) is 13.2 Å². The number of rotatable bonds is 5. The summed E-state index contributed by atoms with van der Waals surface area (Å²) in [7, 11) is 1.63. The van der Waals surface area contributed by atoms with E-state index in [1.165, 1.54) is 23.9 Å². The summed E-state index contributed by atoms with van der Waals surface area (Å²) in [6.45, 7) is 0.505. The lowest BCUT2D eigenvalue weighted by molar-refractivity contribution is 0.218. The van der Waals surface area contributed by atoms with Crippen LogP contribution in [-0.4, -0.2) is 24.6 Å². The lowest BCUT2D eigenvalue weighted by Crippen LogP contribution is -1.92. The van der Waals surface area contributed by atoms with Gasteiger partial charge in [0.25, 0.3) is 0 Å². The highest BCUT2D eigenvalue weighted by atomic mass is 32.2. The Kier molecular flexibility index (Phi) is 4.93. The predicted molar refractivity (Wildman–Crippen MR) is 54.9 cm³/mol. The van der Waals surface area contributed by atoms with E-state index in [1.807, 2.05) is 0 Å². The summed E-state index contributed by atoms with van der Waals surface area (Å²) in [6.07, 6.45) is 0. The van der Waals surface area contributed by atoms with Crippen LogP contribution in [0.3, 0.4) is 0 Å². The van der Waals surface area contributed by atoms with Gasteiger partial charge in [-0.3, -0.25) is 0 Å². The van der Waals surface area contributed by atoms with Gasteiger partial charge in [-0.15, -0.1) is 11.8 Å². The Balaban J connectivity index is 2.62. The molecule has 0 aliphatic heterocycles. The van der Waals surface area contributed by atoms with Crippen molar-refractivity contribution in [1.29, 1.82) is 0 Å². The smallest absolute Gasteiger partial charge is 0.124 e. The molecule has 78 valence electrons. The highest BCUT2D eigenvalue weighted by Crippen LogP contribution is 2.20. The van der Waals surface area contributed by atoms with Crippen LogP contribution >= 0.6 is 11.8 Å². The highest BCUT2D eigenvalue weighted by molar-refractivity contribution is 7.99. The molecule has 1 aromatic rings. The molecule has 1 aromatic carbocycles. The summed E-state index contributed by atoms with van der Waals surface area (Å²) in [5.74, 6) is 0.474. The van der Waals surface area contributed by atoms with Crippen molar-refractivity contribution in [3.05, 3.63) is 29.6 Å². The number of ether oxygens (including phenoxy) is 1. The monoisotopic (exact) mass is 216 g/mol. The van der Waals surface area contributed by atoms with Crippen molar-refractivity contribution in [3.8, 4) is 0 Å². The van der Waals surface area contributed by atoms with E-state index in [0.29, 0.717) is 12.2 Å². The normalized spacial score (nSPS) is 10.5. The molecular formula is C10H13FO2S. The van der Waals surface area contributed by atoms with Gasteiger partial charge in [-0.25, -0.2) is 4.39 Å². The van der Waals surface area contributed by atoms with Gasteiger partial charge in [-0.2, -0.15) is 0 Å². The second kappa shape index (κ2) is 6.01. The largest absolute Gasteiger partial charge is 0.392 e. The van der Waals surface area contributed by atoms with Gasteiger partial charge in [0.1, 0.15) is 5.82 Å². The molecular weight excluding hydrogens is 203 g/mol. The van der Waals surface area contributed by atoms with E-state index in [9.17, 15) is 4.39 Å². The third-order valence-corrected chi connectivity index (χ3v) is 2.61. The van der Waals surface area contributed by atoms with Gasteiger partial charge in [0, 0.05) is 17.8 Å². The minimum atomic E-state index is -0.309. The standard InChI is InChI=1S/C10H13FO2S/c1-13-2-3-14-10-5-8(7-12)4-9(11)6-10/h4-6,12H,2-3,7H2,1H3. The number of benzene rings is 1. The first-order chi connectivity index (χ1) is 6.76. The summed E-state index contributed by atoms with van der Waals surface area (Å²) in [5, 5.41) is 8.86. The second-order valence-corrected chi connectivity index (χ2v) is 3.96. The van der Waals surface area contributed by atoms with E-state index >= 15 is 0 Å². The summed E-state index contributed by atoms with van der Waals surface area (Å²) in [6, 6.07) is 4.57. The van der Waals surface area contributed by atoms with Gasteiger partial charge >= 0.3 is 0 Å². The van der Waals surface area contributed by atoms with Gasteiger partial charge in [-0.1, -0.05) is 0 Å². The number of methoxy groups -OCH3 is 1. The van der Waals surface area contributed by atoms with E-state index in [0.717, 1.165) is 10.6 Å². The molecule has 1 N–H and O–H groups in total. The zero-order valence-electron chi connectivity index (χ0n) is 8.00. The summed E-state index contributed by atoms with van der Waals surface area (Å²) < 4.78 is 17.9. The molecule has 4 heteroatoms. The molecule has 0 saturated heterocycles. The van der Waals surface area contributed by atoms with Gasteiger partial charge in [0.15, 0.2) is 0 Å². The number of aliphatic hydroxyl groups excluding tert-OH is 1. The number of aliphatic hydroxyl groups is 1. The fourth-order valence-electron chi connectivity index (χ4n) is 1.04. The quantitative estimate of drug-likeness (QED) is 0.603. The topological polar surface area (TPSA) is 29.5 Å². The maximum absolute atomic E-state index is 13.0. The first kappa shape index (κ1) is 11.5. The van der Waals surface area contributed by atoms with E-state index in [2.05, 4.69) is 0 Å². The zero-order chi connectivity index (χ0) is 10.4. The van der Waals surface area contributed by atoms with Crippen LogP contribution in [0.15, 0.2) is 23.1 Å². The molecule has 0 atom stereocenters. The zero-order valence-corrected chi connectivity index (χ0v) is 8.81. The Labute approximate surface area is 87.1 Å². The van der Waals surface area contributed by atoms with Crippen LogP contribution in [0.1, 0.15) is 5.56 Å². The Bertz CT molecular complexity index is 291. The lowest BCUT2D eigenvalue weighted by Gasteiger charge is -2.03. The number of halogens is 1. The van der Waals surface area contributed by atoms with Crippen molar-refractivity contribution in [2.45, 2.75) is 11.5 Å². The molecule has 0 aromatic heterocycles. The van der Waals surface area contributed by atoms with E-state index in [1.54, 1.807) is 13.2 Å². The Hall–Kier alpha value is -0.580. The minimum absolute atomic E-state index is 0.129. The first-order valence-corrected chi connectivity index (χ1v) is 5.27. The van der Waals surface area contributed by atoms with Crippen LogP contribution in [0.4, 0.5) is 4.39 Å². The lowest BCUT2D eigenvalue weighted by atomic mass is 10.2. The van der Waals surface area contributed by atoms with E-state index < -0.39 is 0 Å². The molecule has 0 heterocycles. The first-order valence-electron chi connectivity index (χ1n) is 4.28. The molecule has 0 unspecified atom stereocenters. The van der Waals surface area contributed by atoms with Crippen LogP contribution in [0.2, 0.25) is 0 Å². The van der Waals surface area contributed by atoms with E-state index in [-0.39, 0.29) is 12.4 Å². The second-order valence-electron chi connectivity index (χ2n) is 2.79. The molecule has 14 heavy (non-hydrogen) atoms. The molecule has 1 rings (SSSR count). The minimum Gasteiger partial charge on any atom is -0.392 e. The third kappa shape index (κ3) is 3.65. The van der Waals surface area contributed by atoms with Crippen molar-refractivity contribution in [1.82, 2.24) is 0 Å². The molecule has 0 bridgehead atoms. The SMILES string of the molecule is COCCSc1cc(F)cc(CO)c1. The fourth-order valence-corrected chi connectivity index (χ4v) is 1.95. The fraction of sp³-hybridized carbons (Fsp3) is 0.400. The molecule has 0 amide bonds. The molecule has 0 saturated carbocycles. The summed E-state index contributed by atoms with van der Waals surface area (Å²) in [4.78, 5) is 0.825. The third-order valence-electron chi connectivity index (χ3n) is 1.67. The van der Waals surface area contributed by atoms with Crippen LogP contribution in [0.5, 0.6) is 0 Å². The molecule has 0 radical (unpaired) electrons. The molecule has 0 aliphatic rings. The van der Waals surface area contributed by atoms with Crippen LogP contribution < -0.4 is 0 Å². The number of hydrogen-bond acceptors (Lipinski definition) is 3. The number of hydrogen-bond donors (Lipinski definition) is 1. The predicted octanol–water partition coefficient (Wildman–Crippen LogP) is 2.06. The van der Waals surface area contributed by atoms with Crippen molar-refractivity contribution in [2.75, 3.05) is 19.5 Å². The Morgan fingerprint density at radius 2 is 2.21 bits per heavy atom. The van der Waals surface area contributed by atoms with Crippen LogP contribution in [0, 0.1) is 5.82 Å². The van der Waals surface area contributed by atoms with Crippen molar-refractivity contribution >= 4 is 11.8 Å². The van der Waals surface area contributed by atoms with Crippen LogP contribution in [0.25, 0.3) is 0 Å². The summed E-state index contributed by atoms with van der Waals surface area (Å²) >= 11 is 1.51.